The van der Waals surface area contributed by atoms with Crippen LogP contribution in [0.15, 0.2) is 4.99 Å². The van der Waals surface area contributed by atoms with Crippen molar-refractivity contribution in [1.82, 2.24) is 4.90 Å². The lowest BCUT2D eigenvalue weighted by Crippen LogP contribution is -2.61. The second-order valence-electron chi connectivity index (χ2n) is 4.53. The highest BCUT2D eigenvalue weighted by molar-refractivity contribution is 5.83. The average molecular weight is 240 g/mol. The number of likely N-dealkylation sites (tertiary alicyclic amines) is 1. The maximum absolute atomic E-state index is 11.8. The zero-order valence-corrected chi connectivity index (χ0v) is 10.2. The van der Waals surface area contributed by atoms with Gasteiger partial charge < -0.3 is 21.2 Å². The first kappa shape index (κ1) is 13.5. The van der Waals surface area contributed by atoms with E-state index >= 15 is 0 Å². The standard InChI is InChI=1S/C11H20N4O2/c1-11(8-16)5-7-15(11)9(17)4-2-3-6-14-10(12)13/h8H,2-7H2,1H3,(H4,12,13,14). The minimum Gasteiger partial charge on any atom is -0.370 e. The van der Waals surface area contributed by atoms with Crippen molar-refractivity contribution >= 4 is 18.2 Å². The van der Waals surface area contributed by atoms with Crippen LogP contribution in [0.2, 0.25) is 0 Å². The first-order chi connectivity index (χ1) is 7.99. The van der Waals surface area contributed by atoms with Gasteiger partial charge in [0.15, 0.2) is 5.96 Å². The van der Waals surface area contributed by atoms with Crippen LogP contribution < -0.4 is 11.5 Å². The smallest absolute Gasteiger partial charge is 0.223 e. The molecular weight excluding hydrogens is 220 g/mol. The molecule has 0 aromatic carbocycles. The number of aliphatic imine (C=N–C) groups is 1. The highest BCUT2D eigenvalue weighted by Gasteiger charge is 2.42. The van der Waals surface area contributed by atoms with E-state index in [0.717, 1.165) is 25.5 Å². The zero-order chi connectivity index (χ0) is 12.9. The summed E-state index contributed by atoms with van der Waals surface area (Å²) in [6.45, 7) is 3.02. The van der Waals surface area contributed by atoms with Gasteiger partial charge in [-0.25, -0.2) is 0 Å². The van der Waals surface area contributed by atoms with Crippen LogP contribution in [0.25, 0.3) is 0 Å². The van der Waals surface area contributed by atoms with E-state index < -0.39 is 5.54 Å². The average Bonchev–Trinajstić information content (AvgIpc) is 2.25. The van der Waals surface area contributed by atoms with Gasteiger partial charge in [0.2, 0.25) is 5.91 Å². The summed E-state index contributed by atoms with van der Waals surface area (Å²) < 4.78 is 0. The van der Waals surface area contributed by atoms with Crippen LogP contribution in [0.4, 0.5) is 0 Å². The van der Waals surface area contributed by atoms with E-state index in [2.05, 4.69) is 4.99 Å². The predicted octanol–water partition coefficient (Wildman–Crippen LogP) is -0.380. The minimum absolute atomic E-state index is 0.0375. The molecule has 1 heterocycles. The highest BCUT2D eigenvalue weighted by Crippen LogP contribution is 2.28. The molecule has 1 amide bonds. The second kappa shape index (κ2) is 5.65. The molecule has 6 heteroatoms. The number of carbonyl (C=O) groups is 2. The number of rotatable bonds is 6. The number of guanidine groups is 1. The number of hydrogen-bond acceptors (Lipinski definition) is 3. The van der Waals surface area contributed by atoms with Crippen LogP contribution in [0, 0.1) is 0 Å². The minimum atomic E-state index is -0.572. The Morgan fingerprint density at radius 3 is 2.65 bits per heavy atom. The number of aldehydes is 1. The van der Waals surface area contributed by atoms with Crippen LogP contribution in [-0.2, 0) is 9.59 Å². The molecule has 0 radical (unpaired) electrons. The maximum atomic E-state index is 11.8. The van der Waals surface area contributed by atoms with Gasteiger partial charge in [-0.1, -0.05) is 0 Å². The molecule has 0 saturated carbocycles. The van der Waals surface area contributed by atoms with Gasteiger partial charge in [-0.05, 0) is 26.2 Å². The molecule has 1 fully saturated rings. The van der Waals surface area contributed by atoms with Crippen molar-refractivity contribution in [2.45, 2.75) is 38.1 Å². The third-order valence-electron chi connectivity index (χ3n) is 3.11. The van der Waals surface area contributed by atoms with Crippen LogP contribution in [0.1, 0.15) is 32.6 Å². The predicted molar refractivity (Wildman–Crippen MR) is 65.3 cm³/mol. The van der Waals surface area contributed by atoms with Crippen molar-refractivity contribution in [3.05, 3.63) is 0 Å². The van der Waals surface area contributed by atoms with Gasteiger partial charge in [0.25, 0.3) is 0 Å². The maximum Gasteiger partial charge on any atom is 0.223 e. The Balaban J connectivity index is 2.22. The Bertz CT molecular complexity index is 325. The largest absolute Gasteiger partial charge is 0.370 e. The normalized spacial score (nSPS) is 22.8. The Morgan fingerprint density at radius 2 is 2.18 bits per heavy atom. The summed E-state index contributed by atoms with van der Waals surface area (Å²) in [5.41, 5.74) is 9.79. The lowest BCUT2D eigenvalue weighted by Gasteiger charge is -2.47. The number of amides is 1. The van der Waals surface area contributed by atoms with Gasteiger partial charge in [0, 0.05) is 19.5 Å². The molecule has 1 rings (SSSR count). The molecule has 1 atom stereocenters. The molecule has 0 bridgehead atoms. The van der Waals surface area contributed by atoms with Crippen molar-refractivity contribution < 1.29 is 9.59 Å². The fourth-order valence-corrected chi connectivity index (χ4v) is 1.84. The van der Waals surface area contributed by atoms with E-state index in [1.165, 1.54) is 0 Å². The number of nitrogens with zero attached hydrogens (tertiary/aromatic N) is 2. The SMILES string of the molecule is CC1(C=O)CCN1C(=O)CCCCN=C(N)N. The Labute approximate surface area is 101 Å². The molecule has 0 aromatic rings. The summed E-state index contributed by atoms with van der Waals surface area (Å²) in [5, 5.41) is 0. The molecule has 17 heavy (non-hydrogen) atoms. The summed E-state index contributed by atoms with van der Waals surface area (Å²) in [6, 6.07) is 0. The lowest BCUT2D eigenvalue weighted by atomic mass is 9.88. The topological polar surface area (TPSA) is 102 Å². The molecule has 1 saturated heterocycles. The monoisotopic (exact) mass is 240 g/mol. The summed E-state index contributed by atoms with van der Waals surface area (Å²) in [5.74, 6) is 0.114. The number of nitrogens with two attached hydrogens (primary N) is 2. The molecular formula is C11H20N4O2. The van der Waals surface area contributed by atoms with E-state index in [-0.39, 0.29) is 11.9 Å². The van der Waals surface area contributed by atoms with Gasteiger partial charge in [0.05, 0.1) is 5.54 Å². The summed E-state index contributed by atoms with van der Waals surface area (Å²) in [7, 11) is 0. The van der Waals surface area contributed by atoms with Gasteiger partial charge in [-0.2, -0.15) is 0 Å². The summed E-state index contributed by atoms with van der Waals surface area (Å²) >= 11 is 0. The fraction of sp³-hybridized carbons (Fsp3) is 0.727. The van der Waals surface area contributed by atoms with Crippen molar-refractivity contribution in [2.75, 3.05) is 13.1 Å². The molecule has 0 spiro atoms. The van der Waals surface area contributed by atoms with Crippen molar-refractivity contribution in [2.24, 2.45) is 16.5 Å². The third kappa shape index (κ3) is 3.44. The third-order valence-corrected chi connectivity index (χ3v) is 3.11. The van der Waals surface area contributed by atoms with Gasteiger partial charge in [-0.3, -0.25) is 9.79 Å². The molecule has 1 unspecified atom stereocenters. The molecule has 1 aliphatic heterocycles. The molecule has 1 aliphatic rings. The molecule has 4 N–H and O–H groups in total. The van der Waals surface area contributed by atoms with Gasteiger partial charge >= 0.3 is 0 Å². The Hall–Kier alpha value is -1.59. The van der Waals surface area contributed by atoms with E-state index in [0.29, 0.717) is 19.5 Å². The number of unbranched alkanes of at least 4 members (excludes halogenated alkanes) is 1. The first-order valence-electron chi connectivity index (χ1n) is 5.82. The zero-order valence-electron chi connectivity index (χ0n) is 10.2. The van der Waals surface area contributed by atoms with E-state index in [9.17, 15) is 9.59 Å². The highest BCUT2D eigenvalue weighted by atomic mass is 16.2. The van der Waals surface area contributed by atoms with Crippen molar-refractivity contribution in [1.29, 1.82) is 0 Å². The Kier molecular flexibility index (Phi) is 4.48. The van der Waals surface area contributed by atoms with Gasteiger partial charge in [0.1, 0.15) is 6.29 Å². The molecule has 96 valence electrons. The fourth-order valence-electron chi connectivity index (χ4n) is 1.84. The van der Waals surface area contributed by atoms with E-state index in [1.54, 1.807) is 11.8 Å². The van der Waals surface area contributed by atoms with Gasteiger partial charge in [-0.15, -0.1) is 0 Å². The molecule has 6 nitrogen and oxygen atoms in total. The molecule has 0 aliphatic carbocycles. The second-order valence-corrected chi connectivity index (χ2v) is 4.53. The van der Waals surface area contributed by atoms with Crippen LogP contribution in [-0.4, -0.2) is 41.7 Å². The van der Waals surface area contributed by atoms with Crippen LogP contribution >= 0.6 is 0 Å². The van der Waals surface area contributed by atoms with Crippen LogP contribution in [0.3, 0.4) is 0 Å². The van der Waals surface area contributed by atoms with Crippen molar-refractivity contribution in [3.8, 4) is 0 Å². The van der Waals surface area contributed by atoms with Crippen molar-refractivity contribution in [3.63, 3.8) is 0 Å². The first-order valence-corrected chi connectivity index (χ1v) is 5.82. The van der Waals surface area contributed by atoms with E-state index in [4.69, 9.17) is 11.5 Å². The van der Waals surface area contributed by atoms with Crippen LogP contribution in [0.5, 0.6) is 0 Å². The number of carbonyl (C=O) groups excluding carboxylic acids is 2. The summed E-state index contributed by atoms with van der Waals surface area (Å²) in [4.78, 5) is 28.1. The van der Waals surface area contributed by atoms with E-state index in [1.807, 2.05) is 0 Å². The lowest BCUT2D eigenvalue weighted by molar-refractivity contribution is -0.150. The molecule has 0 aromatic heterocycles. The number of hydrogen-bond donors (Lipinski definition) is 2. The quantitative estimate of drug-likeness (QED) is 0.286. The Morgan fingerprint density at radius 1 is 1.47 bits per heavy atom. The summed E-state index contributed by atoms with van der Waals surface area (Å²) in [6.07, 6.45) is 3.57.